The molecule has 28 heavy (non-hydrogen) atoms. The lowest BCUT2D eigenvalue weighted by atomic mass is 9.84. The number of H-pyrrole nitrogens is 1. The number of aromatic amines is 1. The van der Waals surface area contributed by atoms with Gasteiger partial charge in [-0.25, -0.2) is 0 Å². The van der Waals surface area contributed by atoms with Gasteiger partial charge in [-0.1, -0.05) is 31.4 Å². The van der Waals surface area contributed by atoms with Crippen molar-refractivity contribution in [2.24, 2.45) is 0 Å². The summed E-state index contributed by atoms with van der Waals surface area (Å²) >= 11 is 0. The predicted octanol–water partition coefficient (Wildman–Crippen LogP) is 5.80. The van der Waals surface area contributed by atoms with Gasteiger partial charge in [-0.2, -0.15) is 0 Å². The van der Waals surface area contributed by atoms with Crippen molar-refractivity contribution in [1.29, 1.82) is 0 Å². The smallest absolute Gasteiger partial charge is 0.0642 e. The summed E-state index contributed by atoms with van der Waals surface area (Å²) in [6.07, 6.45) is 9.05. The topological polar surface area (TPSA) is 40.3 Å². The van der Waals surface area contributed by atoms with Gasteiger partial charge in [0, 0.05) is 47.3 Å². The summed E-state index contributed by atoms with van der Waals surface area (Å²) < 4.78 is 5.47. The number of fused-ring (bicyclic) bond motifs is 1. The fourth-order valence-electron chi connectivity index (χ4n) is 4.75. The highest BCUT2D eigenvalue weighted by Crippen LogP contribution is 2.37. The average Bonchev–Trinajstić information content (AvgIpc) is 3.18. The van der Waals surface area contributed by atoms with E-state index in [4.69, 9.17) is 4.74 Å². The van der Waals surface area contributed by atoms with Crippen molar-refractivity contribution >= 4 is 28.0 Å². The maximum Gasteiger partial charge on any atom is 0.0642 e. The molecular formula is C24H29N3O. The summed E-state index contributed by atoms with van der Waals surface area (Å²) in [4.78, 5) is 5.90. The van der Waals surface area contributed by atoms with Crippen molar-refractivity contribution in [3.8, 4) is 0 Å². The fraction of sp³-hybridized carbons (Fsp3) is 0.417. The number of anilines is 3. The molecule has 2 fully saturated rings. The molecule has 4 nitrogen and oxygen atoms in total. The first-order valence-electron chi connectivity index (χ1n) is 10.7. The Morgan fingerprint density at radius 2 is 1.75 bits per heavy atom. The third-order valence-corrected chi connectivity index (χ3v) is 6.27. The second-order valence-corrected chi connectivity index (χ2v) is 8.11. The van der Waals surface area contributed by atoms with E-state index < -0.39 is 0 Å². The Labute approximate surface area is 166 Å². The fourth-order valence-corrected chi connectivity index (χ4v) is 4.75. The van der Waals surface area contributed by atoms with Crippen molar-refractivity contribution in [2.75, 3.05) is 36.5 Å². The van der Waals surface area contributed by atoms with Crippen LogP contribution in [0.15, 0.2) is 48.7 Å². The molecule has 0 radical (unpaired) electrons. The van der Waals surface area contributed by atoms with E-state index in [1.54, 1.807) is 0 Å². The molecule has 3 aromatic rings. The van der Waals surface area contributed by atoms with Gasteiger partial charge in [0.15, 0.2) is 0 Å². The quantitative estimate of drug-likeness (QED) is 0.606. The molecule has 0 amide bonds. The summed E-state index contributed by atoms with van der Waals surface area (Å²) in [6, 6.07) is 15.4. The third-order valence-electron chi connectivity index (χ3n) is 6.27. The van der Waals surface area contributed by atoms with Crippen molar-refractivity contribution < 1.29 is 4.74 Å². The highest BCUT2D eigenvalue weighted by atomic mass is 16.5. The third kappa shape index (κ3) is 3.61. The van der Waals surface area contributed by atoms with Crippen molar-refractivity contribution in [3.63, 3.8) is 0 Å². The Morgan fingerprint density at radius 1 is 0.929 bits per heavy atom. The SMILES string of the molecule is c1cc(Nc2ccc3c(C4CCCCC4)c[nH]c3c2)cc(N2CCOCC2)c1. The van der Waals surface area contributed by atoms with E-state index in [1.807, 2.05) is 0 Å². The monoisotopic (exact) mass is 375 g/mol. The van der Waals surface area contributed by atoms with Gasteiger partial charge in [-0.3, -0.25) is 0 Å². The van der Waals surface area contributed by atoms with Gasteiger partial charge in [0.05, 0.1) is 13.2 Å². The predicted molar refractivity (Wildman–Crippen MR) is 117 cm³/mol. The zero-order valence-electron chi connectivity index (χ0n) is 16.4. The van der Waals surface area contributed by atoms with E-state index in [2.05, 4.69) is 63.9 Å². The Hall–Kier alpha value is -2.46. The maximum atomic E-state index is 5.47. The van der Waals surface area contributed by atoms with Crippen LogP contribution in [0.4, 0.5) is 17.1 Å². The Balaban J connectivity index is 1.35. The number of ether oxygens (including phenoxy) is 1. The molecule has 2 N–H and O–H groups in total. The van der Waals surface area contributed by atoms with E-state index in [0.29, 0.717) is 0 Å². The Morgan fingerprint density at radius 3 is 2.61 bits per heavy atom. The molecule has 4 heteroatoms. The number of nitrogens with zero attached hydrogens (tertiary/aromatic N) is 1. The molecule has 2 heterocycles. The standard InChI is InChI=1S/C24H29N3O/c1-2-5-18(6-3-1)23-17-25-24-16-20(9-10-22(23)24)26-19-7-4-8-21(15-19)27-11-13-28-14-12-27/h4,7-10,15-18,25-26H,1-3,5-6,11-14H2. The van der Waals surface area contributed by atoms with Crippen LogP contribution in [0, 0.1) is 0 Å². The lowest BCUT2D eigenvalue weighted by Crippen LogP contribution is -2.36. The normalized spacial score (nSPS) is 18.5. The number of nitrogens with one attached hydrogen (secondary N) is 2. The van der Waals surface area contributed by atoms with Crippen LogP contribution in [0.25, 0.3) is 10.9 Å². The number of benzene rings is 2. The number of hydrogen-bond acceptors (Lipinski definition) is 3. The molecule has 0 bridgehead atoms. The van der Waals surface area contributed by atoms with E-state index in [-0.39, 0.29) is 0 Å². The number of morpholine rings is 1. The van der Waals surface area contributed by atoms with Crippen LogP contribution in [-0.4, -0.2) is 31.3 Å². The van der Waals surface area contributed by atoms with Gasteiger partial charge >= 0.3 is 0 Å². The highest BCUT2D eigenvalue weighted by molar-refractivity contribution is 5.87. The van der Waals surface area contributed by atoms with Crippen molar-refractivity contribution in [1.82, 2.24) is 4.98 Å². The number of hydrogen-bond donors (Lipinski definition) is 2. The van der Waals surface area contributed by atoms with Crippen LogP contribution in [0.5, 0.6) is 0 Å². The summed E-state index contributed by atoms with van der Waals surface area (Å²) in [5.74, 6) is 0.728. The molecule has 1 aliphatic heterocycles. The molecule has 0 atom stereocenters. The first kappa shape index (κ1) is 17.6. The van der Waals surface area contributed by atoms with E-state index in [0.717, 1.165) is 43.6 Å². The van der Waals surface area contributed by atoms with Crippen LogP contribution in [0.2, 0.25) is 0 Å². The minimum absolute atomic E-state index is 0.728. The second-order valence-electron chi connectivity index (χ2n) is 8.11. The van der Waals surface area contributed by atoms with E-state index in [1.165, 1.54) is 54.3 Å². The van der Waals surface area contributed by atoms with Gasteiger partial charge in [0.2, 0.25) is 0 Å². The summed E-state index contributed by atoms with van der Waals surface area (Å²) in [5, 5.41) is 4.97. The molecule has 1 saturated carbocycles. The van der Waals surface area contributed by atoms with Crippen molar-refractivity contribution in [2.45, 2.75) is 38.0 Å². The first-order chi connectivity index (χ1) is 13.9. The molecule has 0 unspecified atom stereocenters. The van der Waals surface area contributed by atoms with Crippen LogP contribution < -0.4 is 10.2 Å². The lowest BCUT2D eigenvalue weighted by molar-refractivity contribution is 0.122. The van der Waals surface area contributed by atoms with Crippen LogP contribution in [-0.2, 0) is 4.74 Å². The van der Waals surface area contributed by atoms with E-state index in [9.17, 15) is 0 Å². The van der Waals surface area contributed by atoms with E-state index >= 15 is 0 Å². The van der Waals surface area contributed by atoms with Gasteiger partial charge in [0.1, 0.15) is 0 Å². The number of aromatic nitrogens is 1. The summed E-state index contributed by atoms with van der Waals surface area (Å²) in [6.45, 7) is 3.54. The lowest BCUT2D eigenvalue weighted by Gasteiger charge is -2.29. The van der Waals surface area contributed by atoms with Gasteiger partial charge in [-0.05, 0) is 54.7 Å². The van der Waals surface area contributed by atoms with Crippen LogP contribution in [0.1, 0.15) is 43.6 Å². The Bertz CT molecular complexity index is 936. The van der Waals surface area contributed by atoms with Gasteiger partial charge < -0.3 is 19.9 Å². The molecule has 1 aliphatic carbocycles. The average molecular weight is 376 g/mol. The highest BCUT2D eigenvalue weighted by Gasteiger charge is 2.18. The van der Waals surface area contributed by atoms with Crippen molar-refractivity contribution in [3.05, 3.63) is 54.2 Å². The first-order valence-corrected chi connectivity index (χ1v) is 10.7. The number of rotatable bonds is 4. The van der Waals surface area contributed by atoms with Crippen LogP contribution in [0.3, 0.4) is 0 Å². The maximum absolute atomic E-state index is 5.47. The van der Waals surface area contributed by atoms with Gasteiger partial charge in [-0.15, -0.1) is 0 Å². The molecule has 146 valence electrons. The molecule has 0 spiro atoms. The molecular weight excluding hydrogens is 346 g/mol. The van der Waals surface area contributed by atoms with Gasteiger partial charge in [0.25, 0.3) is 0 Å². The molecule has 2 aromatic carbocycles. The molecule has 5 rings (SSSR count). The molecule has 1 saturated heterocycles. The second kappa shape index (κ2) is 7.88. The molecule has 1 aromatic heterocycles. The molecule has 2 aliphatic rings. The Kier molecular flexibility index (Phi) is 4.96. The minimum atomic E-state index is 0.728. The largest absolute Gasteiger partial charge is 0.378 e. The zero-order chi connectivity index (χ0) is 18.8. The van der Waals surface area contributed by atoms with Crippen LogP contribution >= 0.6 is 0 Å². The summed E-state index contributed by atoms with van der Waals surface area (Å²) in [5.41, 5.74) is 6.25. The summed E-state index contributed by atoms with van der Waals surface area (Å²) in [7, 11) is 0. The minimum Gasteiger partial charge on any atom is -0.378 e. The zero-order valence-corrected chi connectivity index (χ0v) is 16.4.